The lowest BCUT2D eigenvalue weighted by molar-refractivity contribution is 1.15. The fourth-order valence-corrected chi connectivity index (χ4v) is 8.50. The highest BCUT2D eigenvalue weighted by Gasteiger charge is 2.27. The minimum Gasteiger partial charge on any atom is -0.309 e. The summed E-state index contributed by atoms with van der Waals surface area (Å²) < 4.78 is 4.73. The van der Waals surface area contributed by atoms with E-state index < -0.39 is 0 Å². The van der Waals surface area contributed by atoms with Crippen LogP contribution in [0.25, 0.3) is 99.7 Å². The first-order valence-electron chi connectivity index (χ1n) is 18.7. The Morgan fingerprint density at radius 3 is 1.68 bits per heavy atom. The van der Waals surface area contributed by atoms with Crippen LogP contribution in [-0.4, -0.2) is 19.1 Å². The summed E-state index contributed by atoms with van der Waals surface area (Å²) in [7, 11) is 0. The van der Waals surface area contributed by atoms with Crippen molar-refractivity contribution in [2.24, 2.45) is 0 Å². The monoisotopic (exact) mass is 713 g/mol. The van der Waals surface area contributed by atoms with Gasteiger partial charge in [-0.05, 0) is 59.3 Å². The molecule has 0 aliphatic carbocycles. The SMILES string of the molecule is N#Cc1c(-c2ccc3ccccc3c2)nc(-c2ccccc2)nc1-c1cc2c3ccccc3n(-c3ccccc3)c2c2c3ccccc3n(-c3ccccc3)c12. The Hall–Kier alpha value is -7.81. The van der Waals surface area contributed by atoms with Crippen molar-refractivity contribution >= 4 is 54.4 Å². The Labute approximate surface area is 322 Å². The summed E-state index contributed by atoms with van der Waals surface area (Å²) in [6, 6.07) is 67.8. The van der Waals surface area contributed by atoms with Crippen LogP contribution in [0.15, 0.2) is 188 Å². The van der Waals surface area contributed by atoms with E-state index in [2.05, 4.69) is 155 Å². The van der Waals surface area contributed by atoms with E-state index in [1.165, 1.54) is 0 Å². The third-order valence-corrected chi connectivity index (χ3v) is 10.9. The van der Waals surface area contributed by atoms with Gasteiger partial charge < -0.3 is 9.13 Å². The molecule has 56 heavy (non-hydrogen) atoms. The average molecular weight is 714 g/mol. The van der Waals surface area contributed by atoms with E-state index in [4.69, 9.17) is 9.97 Å². The summed E-state index contributed by atoms with van der Waals surface area (Å²) in [6.07, 6.45) is 0. The molecule has 0 amide bonds. The normalized spacial score (nSPS) is 11.6. The Bertz CT molecular complexity index is 3350. The maximum atomic E-state index is 11.3. The second-order valence-electron chi connectivity index (χ2n) is 14.1. The van der Waals surface area contributed by atoms with Gasteiger partial charge in [0.25, 0.3) is 0 Å². The third-order valence-electron chi connectivity index (χ3n) is 10.9. The van der Waals surface area contributed by atoms with E-state index in [0.29, 0.717) is 22.8 Å². The molecule has 3 heterocycles. The molecule has 11 aromatic rings. The second-order valence-corrected chi connectivity index (χ2v) is 14.1. The molecule has 0 aliphatic heterocycles. The molecule has 0 aliphatic rings. The van der Waals surface area contributed by atoms with E-state index in [1.807, 2.05) is 48.5 Å². The van der Waals surface area contributed by atoms with Crippen LogP contribution in [-0.2, 0) is 0 Å². The van der Waals surface area contributed by atoms with Gasteiger partial charge in [0.05, 0.1) is 33.5 Å². The Morgan fingerprint density at radius 1 is 0.429 bits per heavy atom. The van der Waals surface area contributed by atoms with Gasteiger partial charge in [-0.2, -0.15) is 5.26 Å². The number of fused-ring (bicyclic) bond motifs is 8. The molecule has 0 saturated carbocycles. The molecule has 0 spiro atoms. The van der Waals surface area contributed by atoms with Crippen LogP contribution in [0.5, 0.6) is 0 Å². The summed E-state index contributed by atoms with van der Waals surface area (Å²) in [6.45, 7) is 0. The maximum Gasteiger partial charge on any atom is 0.160 e. The first-order valence-corrected chi connectivity index (χ1v) is 18.7. The van der Waals surface area contributed by atoms with Crippen LogP contribution >= 0.6 is 0 Å². The van der Waals surface area contributed by atoms with E-state index in [-0.39, 0.29) is 0 Å². The summed E-state index contributed by atoms with van der Waals surface area (Å²) in [4.78, 5) is 10.6. The lowest BCUT2D eigenvalue weighted by Crippen LogP contribution is -2.03. The molecule has 0 N–H and O–H groups in total. The number of nitriles is 1. The zero-order valence-electron chi connectivity index (χ0n) is 30.1. The number of hydrogen-bond donors (Lipinski definition) is 0. The van der Waals surface area contributed by atoms with Gasteiger partial charge in [0.15, 0.2) is 5.82 Å². The topological polar surface area (TPSA) is 59.4 Å². The van der Waals surface area contributed by atoms with Crippen molar-refractivity contribution in [1.29, 1.82) is 5.26 Å². The van der Waals surface area contributed by atoms with Crippen LogP contribution in [0, 0.1) is 11.3 Å². The van der Waals surface area contributed by atoms with Crippen LogP contribution in [0.1, 0.15) is 5.56 Å². The highest BCUT2D eigenvalue weighted by Crippen LogP contribution is 2.47. The molecule has 5 nitrogen and oxygen atoms in total. The minimum atomic E-state index is 0.428. The Kier molecular flexibility index (Phi) is 7.16. The first-order chi connectivity index (χ1) is 27.8. The fourth-order valence-electron chi connectivity index (χ4n) is 8.50. The maximum absolute atomic E-state index is 11.3. The third kappa shape index (κ3) is 4.80. The molecule has 0 radical (unpaired) electrons. The molecular weight excluding hydrogens is 683 g/mol. The number of benzene rings is 8. The van der Waals surface area contributed by atoms with E-state index >= 15 is 0 Å². The lowest BCUT2D eigenvalue weighted by Gasteiger charge is -2.16. The number of para-hydroxylation sites is 4. The Morgan fingerprint density at radius 2 is 0.982 bits per heavy atom. The van der Waals surface area contributed by atoms with Crippen LogP contribution in [0.4, 0.5) is 0 Å². The lowest BCUT2D eigenvalue weighted by atomic mass is 9.95. The van der Waals surface area contributed by atoms with Crippen molar-refractivity contribution in [1.82, 2.24) is 19.1 Å². The molecule has 8 aromatic carbocycles. The highest BCUT2D eigenvalue weighted by atomic mass is 15.0. The van der Waals surface area contributed by atoms with Gasteiger partial charge in [-0.1, -0.05) is 140 Å². The van der Waals surface area contributed by atoms with Gasteiger partial charge in [-0.25, -0.2) is 9.97 Å². The molecule has 0 bridgehead atoms. The molecule has 3 aromatic heterocycles. The minimum absolute atomic E-state index is 0.428. The van der Waals surface area contributed by atoms with Crippen molar-refractivity contribution < 1.29 is 0 Å². The summed E-state index contributed by atoms with van der Waals surface area (Å²) in [5.41, 5.74) is 10.6. The van der Waals surface area contributed by atoms with Gasteiger partial charge in [0, 0.05) is 49.6 Å². The van der Waals surface area contributed by atoms with Gasteiger partial charge >= 0.3 is 0 Å². The van der Waals surface area contributed by atoms with Crippen molar-refractivity contribution in [2.45, 2.75) is 0 Å². The molecule has 0 atom stereocenters. The van der Waals surface area contributed by atoms with Crippen molar-refractivity contribution in [3.63, 3.8) is 0 Å². The highest BCUT2D eigenvalue weighted by molar-refractivity contribution is 6.29. The molecule has 0 unspecified atom stereocenters. The predicted molar refractivity (Wildman–Crippen MR) is 229 cm³/mol. The van der Waals surface area contributed by atoms with Crippen molar-refractivity contribution in [2.75, 3.05) is 0 Å². The number of nitrogens with zero attached hydrogens (tertiary/aromatic N) is 5. The van der Waals surface area contributed by atoms with E-state index in [9.17, 15) is 5.26 Å². The van der Waals surface area contributed by atoms with E-state index in [0.717, 1.165) is 82.4 Å². The second kappa shape index (κ2) is 12.7. The zero-order chi connectivity index (χ0) is 37.2. The fraction of sp³-hybridized carbons (Fsp3) is 0. The molecule has 5 heteroatoms. The number of hydrogen-bond acceptors (Lipinski definition) is 3. The number of rotatable bonds is 5. The standard InChI is InChI=1S/C51H31N5/c52-32-43-47(36-29-28-33-16-10-11-19-35(33)30-36)53-51(34-17-4-1-5-18-34)54-48(43)42-31-41-39-24-12-14-26-44(39)55(37-20-6-2-7-21-37)49(41)46-40-25-13-15-27-45(40)56(50(42)46)38-22-8-3-9-23-38/h1-31H. The largest absolute Gasteiger partial charge is 0.309 e. The summed E-state index contributed by atoms with van der Waals surface area (Å²) in [5, 5.41) is 17.9. The zero-order valence-corrected chi connectivity index (χ0v) is 30.1. The van der Waals surface area contributed by atoms with Gasteiger partial charge in [0.1, 0.15) is 11.6 Å². The quantitative estimate of drug-likeness (QED) is 0.178. The van der Waals surface area contributed by atoms with Gasteiger partial charge in [0.2, 0.25) is 0 Å². The molecule has 260 valence electrons. The van der Waals surface area contributed by atoms with E-state index in [1.54, 1.807) is 0 Å². The smallest absolute Gasteiger partial charge is 0.160 e. The molecule has 11 rings (SSSR count). The van der Waals surface area contributed by atoms with Crippen LogP contribution in [0.2, 0.25) is 0 Å². The molecular formula is C51H31N5. The summed E-state index contributed by atoms with van der Waals surface area (Å²) >= 11 is 0. The molecule has 0 fully saturated rings. The summed E-state index contributed by atoms with van der Waals surface area (Å²) in [5.74, 6) is 0.560. The Balaban J connectivity index is 1.37. The van der Waals surface area contributed by atoms with Crippen LogP contribution in [0.3, 0.4) is 0 Å². The van der Waals surface area contributed by atoms with Crippen molar-refractivity contribution in [3.8, 4) is 51.3 Å². The predicted octanol–water partition coefficient (Wildman–Crippen LogP) is 12.7. The molecule has 0 saturated heterocycles. The average Bonchev–Trinajstić information content (AvgIpc) is 3.79. The number of aromatic nitrogens is 4. The van der Waals surface area contributed by atoms with Gasteiger partial charge in [-0.3, -0.25) is 0 Å². The van der Waals surface area contributed by atoms with Crippen LogP contribution < -0.4 is 0 Å². The first kappa shape index (κ1) is 31.7. The van der Waals surface area contributed by atoms with Gasteiger partial charge in [-0.15, -0.1) is 0 Å². The van der Waals surface area contributed by atoms with Crippen molar-refractivity contribution in [3.05, 3.63) is 194 Å².